The van der Waals surface area contributed by atoms with Crippen LogP contribution in [-0.4, -0.2) is 0 Å². The van der Waals surface area contributed by atoms with Gasteiger partial charge in [-0.15, -0.1) is 17.9 Å². The summed E-state index contributed by atoms with van der Waals surface area (Å²) >= 11 is 12.9. The smallest absolute Gasteiger partial charge is 0.0979 e. The molecule has 0 amide bonds. The van der Waals surface area contributed by atoms with Crippen LogP contribution in [0.1, 0.15) is 5.56 Å². The van der Waals surface area contributed by atoms with Gasteiger partial charge in [0, 0.05) is 0 Å². The molecule has 1 heterocycles. The predicted octanol–water partition coefficient (Wildman–Crippen LogP) is 3.78. The van der Waals surface area contributed by atoms with Gasteiger partial charge in [0.1, 0.15) is 0 Å². The van der Waals surface area contributed by atoms with E-state index in [2.05, 4.69) is 6.58 Å². The van der Waals surface area contributed by atoms with Gasteiger partial charge in [-0.1, -0.05) is 29.3 Å². The average molecular weight is 193 g/mol. The van der Waals surface area contributed by atoms with Gasteiger partial charge in [-0.2, -0.15) is 0 Å². The maximum atomic E-state index is 5.81. The first-order valence-electron chi connectivity index (χ1n) is 2.78. The van der Waals surface area contributed by atoms with Gasteiger partial charge in [0.25, 0.3) is 0 Å². The second kappa shape index (κ2) is 3.42. The molecular weight excluding hydrogens is 187 g/mol. The number of hydrogen-bond donors (Lipinski definition) is 0. The minimum atomic E-state index is 0.738. The molecule has 0 spiro atoms. The van der Waals surface area contributed by atoms with Gasteiger partial charge >= 0.3 is 0 Å². The zero-order valence-corrected chi connectivity index (χ0v) is 7.56. The Morgan fingerprint density at radius 2 is 2.30 bits per heavy atom. The molecule has 1 rings (SSSR count). The van der Waals surface area contributed by atoms with E-state index in [4.69, 9.17) is 23.2 Å². The van der Waals surface area contributed by atoms with Crippen molar-refractivity contribution in [3.05, 3.63) is 33.0 Å². The van der Waals surface area contributed by atoms with Crippen LogP contribution in [0.25, 0.3) is 0 Å². The minimum absolute atomic E-state index is 0.738. The van der Waals surface area contributed by atoms with Crippen molar-refractivity contribution >= 4 is 34.5 Å². The molecule has 54 valence electrons. The number of halogens is 2. The van der Waals surface area contributed by atoms with Crippen molar-refractivity contribution < 1.29 is 0 Å². The number of rotatable bonds is 2. The lowest BCUT2D eigenvalue weighted by Gasteiger charge is -1.87. The highest BCUT2D eigenvalue weighted by molar-refractivity contribution is 7.20. The van der Waals surface area contributed by atoms with Gasteiger partial charge in [-0.05, 0) is 18.1 Å². The minimum Gasteiger partial charge on any atom is -0.111 e. The zero-order valence-electron chi connectivity index (χ0n) is 5.23. The fraction of sp³-hybridized carbons (Fsp3) is 0.143. The SMILES string of the molecule is C=CCc1cc(Cl)sc1Cl. The number of thiophene rings is 1. The Hall–Kier alpha value is 0.0200. The van der Waals surface area contributed by atoms with Crippen LogP contribution in [0.2, 0.25) is 8.67 Å². The molecule has 0 aliphatic heterocycles. The van der Waals surface area contributed by atoms with Crippen LogP contribution in [0.5, 0.6) is 0 Å². The van der Waals surface area contributed by atoms with E-state index in [0.717, 1.165) is 20.7 Å². The average Bonchev–Trinajstić information content (AvgIpc) is 2.13. The van der Waals surface area contributed by atoms with Crippen LogP contribution in [0.4, 0.5) is 0 Å². The highest BCUT2D eigenvalue weighted by Gasteiger charge is 2.02. The summed E-state index contributed by atoms with van der Waals surface area (Å²) in [5.41, 5.74) is 1.06. The van der Waals surface area contributed by atoms with E-state index >= 15 is 0 Å². The Balaban J connectivity index is 2.91. The van der Waals surface area contributed by atoms with Crippen molar-refractivity contribution in [2.45, 2.75) is 6.42 Å². The van der Waals surface area contributed by atoms with E-state index in [1.165, 1.54) is 11.3 Å². The Kier molecular flexibility index (Phi) is 2.78. The largest absolute Gasteiger partial charge is 0.111 e. The fourth-order valence-electron chi connectivity index (χ4n) is 0.669. The molecule has 0 atom stereocenters. The van der Waals surface area contributed by atoms with E-state index in [1.54, 1.807) is 0 Å². The fourth-order valence-corrected chi connectivity index (χ4v) is 2.18. The van der Waals surface area contributed by atoms with E-state index in [0.29, 0.717) is 0 Å². The first-order valence-corrected chi connectivity index (χ1v) is 4.36. The quantitative estimate of drug-likeness (QED) is 0.627. The summed E-state index contributed by atoms with van der Waals surface area (Å²) < 4.78 is 1.51. The van der Waals surface area contributed by atoms with Crippen LogP contribution in [-0.2, 0) is 6.42 Å². The van der Waals surface area contributed by atoms with Crippen LogP contribution < -0.4 is 0 Å². The van der Waals surface area contributed by atoms with E-state index in [1.807, 2.05) is 12.1 Å². The van der Waals surface area contributed by atoms with Crippen molar-refractivity contribution in [3.63, 3.8) is 0 Å². The third kappa shape index (κ3) is 1.75. The molecule has 0 aromatic carbocycles. The van der Waals surface area contributed by atoms with Crippen molar-refractivity contribution in [3.8, 4) is 0 Å². The monoisotopic (exact) mass is 192 g/mol. The summed E-state index contributed by atoms with van der Waals surface area (Å²) in [5.74, 6) is 0. The van der Waals surface area contributed by atoms with E-state index in [9.17, 15) is 0 Å². The summed E-state index contributed by atoms with van der Waals surface area (Å²) in [6, 6.07) is 1.87. The molecule has 0 N–H and O–H groups in total. The maximum Gasteiger partial charge on any atom is 0.0979 e. The molecule has 0 unspecified atom stereocenters. The normalized spacial score (nSPS) is 9.80. The van der Waals surface area contributed by atoms with Gasteiger partial charge < -0.3 is 0 Å². The van der Waals surface area contributed by atoms with Gasteiger partial charge in [0.2, 0.25) is 0 Å². The summed E-state index contributed by atoms with van der Waals surface area (Å²) in [7, 11) is 0. The van der Waals surface area contributed by atoms with E-state index in [-0.39, 0.29) is 0 Å². The molecule has 10 heavy (non-hydrogen) atoms. The van der Waals surface area contributed by atoms with Gasteiger partial charge in [-0.25, -0.2) is 0 Å². The summed E-state index contributed by atoms with van der Waals surface area (Å²) in [4.78, 5) is 0. The van der Waals surface area contributed by atoms with Crippen LogP contribution in [0, 0.1) is 0 Å². The summed E-state index contributed by atoms with van der Waals surface area (Å²) in [5, 5.41) is 0. The van der Waals surface area contributed by atoms with Gasteiger partial charge in [-0.3, -0.25) is 0 Å². The van der Waals surface area contributed by atoms with Crippen molar-refractivity contribution in [1.82, 2.24) is 0 Å². The molecule has 0 saturated heterocycles. The lowest BCUT2D eigenvalue weighted by Crippen LogP contribution is -1.72. The Labute approximate surface area is 74.1 Å². The Bertz CT molecular complexity index is 240. The molecular formula is C7H6Cl2S. The lowest BCUT2D eigenvalue weighted by molar-refractivity contribution is 1.31. The number of allylic oxidation sites excluding steroid dienone is 1. The molecule has 1 aromatic rings. The van der Waals surface area contributed by atoms with Gasteiger partial charge in [0.15, 0.2) is 0 Å². The second-order valence-electron chi connectivity index (χ2n) is 1.84. The highest BCUT2D eigenvalue weighted by atomic mass is 35.5. The second-order valence-corrected chi connectivity index (χ2v) is 4.13. The van der Waals surface area contributed by atoms with Crippen LogP contribution >= 0.6 is 34.5 Å². The van der Waals surface area contributed by atoms with Crippen LogP contribution in [0.3, 0.4) is 0 Å². The number of hydrogen-bond acceptors (Lipinski definition) is 1. The van der Waals surface area contributed by atoms with Crippen molar-refractivity contribution in [2.24, 2.45) is 0 Å². The summed E-state index contributed by atoms with van der Waals surface area (Å²) in [6.45, 7) is 3.61. The first kappa shape index (κ1) is 8.12. The maximum absolute atomic E-state index is 5.81. The van der Waals surface area contributed by atoms with Crippen molar-refractivity contribution in [2.75, 3.05) is 0 Å². The topological polar surface area (TPSA) is 0 Å². The third-order valence-corrected chi connectivity index (χ3v) is 2.66. The first-order chi connectivity index (χ1) is 4.74. The summed E-state index contributed by atoms with van der Waals surface area (Å²) in [6.07, 6.45) is 2.60. The highest BCUT2D eigenvalue weighted by Crippen LogP contribution is 2.31. The standard InChI is InChI=1S/C7H6Cl2S/c1-2-3-5-4-6(8)10-7(5)9/h2,4H,1,3H2. The molecule has 0 saturated carbocycles. The predicted molar refractivity (Wildman–Crippen MR) is 48.2 cm³/mol. The molecule has 1 aromatic heterocycles. The molecule has 0 bridgehead atoms. The van der Waals surface area contributed by atoms with E-state index < -0.39 is 0 Å². The molecule has 0 aliphatic carbocycles. The molecule has 0 nitrogen and oxygen atoms in total. The lowest BCUT2D eigenvalue weighted by atomic mass is 10.2. The third-order valence-electron chi connectivity index (χ3n) is 1.09. The zero-order chi connectivity index (χ0) is 7.56. The molecule has 0 aliphatic rings. The van der Waals surface area contributed by atoms with Crippen molar-refractivity contribution in [1.29, 1.82) is 0 Å². The molecule has 0 fully saturated rings. The van der Waals surface area contributed by atoms with Gasteiger partial charge in [0.05, 0.1) is 8.67 Å². The Morgan fingerprint density at radius 3 is 2.70 bits per heavy atom. The van der Waals surface area contributed by atoms with Crippen LogP contribution in [0.15, 0.2) is 18.7 Å². The molecule has 3 heteroatoms. The Morgan fingerprint density at radius 1 is 1.60 bits per heavy atom. The molecule has 0 radical (unpaired) electrons.